The fourth-order valence-electron chi connectivity index (χ4n) is 2.36. The second-order valence-electron chi connectivity index (χ2n) is 5.26. The Kier molecular flexibility index (Phi) is 3.61. The van der Waals surface area contributed by atoms with E-state index in [2.05, 4.69) is 5.32 Å². The standard InChI is InChI=1S/C14H14Cl2N2O2/c15-10-2-1-3-11(13(10)16)18-7-8(6-12(18)19)14(20)17-9-4-5-9/h1-3,8-9H,4-7H2,(H,17,20)/t8-/m1/s1. The lowest BCUT2D eigenvalue weighted by atomic mass is 10.1. The molecule has 0 aromatic heterocycles. The van der Waals surface area contributed by atoms with Gasteiger partial charge in [-0.2, -0.15) is 0 Å². The zero-order valence-electron chi connectivity index (χ0n) is 10.7. The first-order chi connectivity index (χ1) is 9.56. The van der Waals surface area contributed by atoms with Crippen LogP contribution < -0.4 is 10.2 Å². The van der Waals surface area contributed by atoms with Gasteiger partial charge < -0.3 is 10.2 Å². The molecule has 0 spiro atoms. The molecule has 1 aromatic rings. The first-order valence-electron chi connectivity index (χ1n) is 6.61. The van der Waals surface area contributed by atoms with Crippen LogP contribution in [0.25, 0.3) is 0 Å². The molecule has 1 N–H and O–H groups in total. The Morgan fingerprint density at radius 3 is 2.75 bits per heavy atom. The molecule has 1 atom stereocenters. The Labute approximate surface area is 127 Å². The maximum absolute atomic E-state index is 12.1. The third kappa shape index (κ3) is 2.63. The van der Waals surface area contributed by atoms with Gasteiger partial charge in [-0.3, -0.25) is 9.59 Å². The van der Waals surface area contributed by atoms with E-state index in [0.29, 0.717) is 28.3 Å². The summed E-state index contributed by atoms with van der Waals surface area (Å²) in [4.78, 5) is 25.7. The minimum atomic E-state index is -0.307. The fourth-order valence-corrected chi connectivity index (χ4v) is 2.76. The molecule has 1 saturated heterocycles. The smallest absolute Gasteiger partial charge is 0.227 e. The van der Waals surface area contributed by atoms with Gasteiger partial charge in [0.25, 0.3) is 0 Å². The Morgan fingerprint density at radius 1 is 1.30 bits per heavy atom. The number of benzene rings is 1. The number of nitrogens with zero attached hydrogens (tertiary/aromatic N) is 1. The molecular formula is C14H14Cl2N2O2. The molecule has 2 amide bonds. The van der Waals surface area contributed by atoms with Gasteiger partial charge in [0.1, 0.15) is 0 Å². The Balaban J connectivity index is 1.76. The molecule has 0 unspecified atom stereocenters. The number of nitrogens with one attached hydrogen (secondary N) is 1. The predicted octanol–water partition coefficient (Wildman–Crippen LogP) is 2.62. The van der Waals surface area contributed by atoms with E-state index >= 15 is 0 Å². The number of amides is 2. The largest absolute Gasteiger partial charge is 0.353 e. The third-order valence-electron chi connectivity index (χ3n) is 3.64. The van der Waals surface area contributed by atoms with Crippen LogP contribution in [0.4, 0.5) is 5.69 Å². The third-order valence-corrected chi connectivity index (χ3v) is 4.45. The SMILES string of the molecule is O=C(NC1CC1)[C@@H]1CC(=O)N(c2cccc(Cl)c2Cl)C1. The van der Waals surface area contributed by atoms with Crippen LogP contribution in [-0.4, -0.2) is 24.4 Å². The zero-order chi connectivity index (χ0) is 14.3. The average Bonchev–Trinajstić information content (AvgIpc) is 3.14. The van der Waals surface area contributed by atoms with Crippen LogP contribution in [0.2, 0.25) is 10.0 Å². The van der Waals surface area contributed by atoms with Crippen molar-refractivity contribution in [3.05, 3.63) is 28.2 Å². The topological polar surface area (TPSA) is 49.4 Å². The average molecular weight is 313 g/mol. The number of anilines is 1. The van der Waals surface area contributed by atoms with Crippen LogP contribution in [0.3, 0.4) is 0 Å². The molecule has 1 aromatic carbocycles. The summed E-state index contributed by atoms with van der Waals surface area (Å²) in [5.41, 5.74) is 0.575. The van der Waals surface area contributed by atoms with Crippen LogP contribution in [0.1, 0.15) is 19.3 Å². The van der Waals surface area contributed by atoms with Gasteiger partial charge >= 0.3 is 0 Å². The van der Waals surface area contributed by atoms with E-state index in [1.165, 1.54) is 0 Å². The summed E-state index contributed by atoms with van der Waals surface area (Å²) < 4.78 is 0. The molecular weight excluding hydrogens is 299 g/mol. The van der Waals surface area contributed by atoms with Gasteiger partial charge in [0, 0.05) is 19.0 Å². The summed E-state index contributed by atoms with van der Waals surface area (Å²) in [6.07, 6.45) is 2.30. The second kappa shape index (κ2) is 5.26. The van der Waals surface area contributed by atoms with E-state index in [0.717, 1.165) is 12.8 Å². The summed E-state index contributed by atoms with van der Waals surface area (Å²) in [5, 5.41) is 3.70. The molecule has 3 rings (SSSR count). The van der Waals surface area contributed by atoms with E-state index < -0.39 is 0 Å². The quantitative estimate of drug-likeness (QED) is 0.932. The lowest BCUT2D eigenvalue weighted by Gasteiger charge is -2.18. The van der Waals surface area contributed by atoms with E-state index in [-0.39, 0.29) is 24.2 Å². The first-order valence-corrected chi connectivity index (χ1v) is 7.36. The number of rotatable bonds is 3. The van der Waals surface area contributed by atoms with Crippen LogP contribution >= 0.6 is 23.2 Å². The molecule has 0 bridgehead atoms. The molecule has 6 heteroatoms. The van der Waals surface area contributed by atoms with Crippen LogP contribution in [0.15, 0.2) is 18.2 Å². The van der Waals surface area contributed by atoms with Gasteiger partial charge in [-0.25, -0.2) is 0 Å². The van der Waals surface area contributed by atoms with Gasteiger partial charge in [0.05, 0.1) is 21.7 Å². The maximum atomic E-state index is 12.1. The van der Waals surface area contributed by atoms with Gasteiger partial charge in [0.2, 0.25) is 11.8 Å². The lowest BCUT2D eigenvalue weighted by Crippen LogP contribution is -2.34. The minimum absolute atomic E-state index is 0.0403. The molecule has 20 heavy (non-hydrogen) atoms. The van der Waals surface area contributed by atoms with E-state index in [1.807, 2.05) is 0 Å². The zero-order valence-corrected chi connectivity index (χ0v) is 12.2. The van der Waals surface area contributed by atoms with Crippen molar-refractivity contribution in [1.82, 2.24) is 5.32 Å². The highest BCUT2D eigenvalue weighted by molar-refractivity contribution is 6.44. The van der Waals surface area contributed by atoms with Gasteiger partial charge in [-0.15, -0.1) is 0 Å². The molecule has 0 radical (unpaired) electrons. The van der Waals surface area contributed by atoms with Crippen molar-refractivity contribution in [2.24, 2.45) is 5.92 Å². The number of hydrogen-bond donors (Lipinski definition) is 1. The molecule has 106 valence electrons. The number of hydrogen-bond acceptors (Lipinski definition) is 2. The van der Waals surface area contributed by atoms with Crippen molar-refractivity contribution in [3.8, 4) is 0 Å². The van der Waals surface area contributed by atoms with Crippen LogP contribution in [0, 0.1) is 5.92 Å². The van der Waals surface area contributed by atoms with Gasteiger partial charge in [-0.1, -0.05) is 29.3 Å². The van der Waals surface area contributed by atoms with E-state index in [4.69, 9.17) is 23.2 Å². The van der Waals surface area contributed by atoms with E-state index in [1.54, 1.807) is 23.1 Å². The monoisotopic (exact) mass is 312 g/mol. The van der Waals surface area contributed by atoms with Crippen molar-refractivity contribution >= 4 is 40.7 Å². The molecule has 1 aliphatic heterocycles. The summed E-state index contributed by atoms with van der Waals surface area (Å²) in [5.74, 6) is -0.440. The summed E-state index contributed by atoms with van der Waals surface area (Å²) in [6.45, 7) is 0.359. The molecule has 1 saturated carbocycles. The highest BCUT2D eigenvalue weighted by Gasteiger charge is 2.37. The number of carbonyl (C=O) groups is 2. The van der Waals surface area contributed by atoms with Crippen LogP contribution in [0.5, 0.6) is 0 Å². The molecule has 2 aliphatic rings. The van der Waals surface area contributed by atoms with Gasteiger partial charge in [0.15, 0.2) is 0 Å². The maximum Gasteiger partial charge on any atom is 0.227 e. The highest BCUT2D eigenvalue weighted by atomic mass is 35.5. The summed E-state index contributed by atoms with van der Waals surface area (Å²) >= 11 is 12.1. The summed E-state index contributed by atoms with van der Waals surface area (Å²) in [7, 11) is 0. The predicted molar refractivity (Wildman–Crippen MR) is 78.1 cm³/mol. The summed E-state index contributed by atoms with van der Waals surface area (Å²) in [6, 6.07) is 5.47. The Morgan fingerprint density at radius 2 is 2.05 bits per heavy atom. The van der Waals surface area contributed by atoms with Crippen molar-refractivity contribution in [2.45, 2.75) is 25.3 Å². The Hall–Kier alpha value is -1.26. The molecule has 1 aliphatic carbocycles. The molecule has 4 nitrogen and oxygen atoms in total. The second-order valence-corrected chi connectivity index (χ2v) is 6.05. The molecule has 2 fully saturated rings. The minimum Gasteiger partial charge on any atom is -0.353 e. The van der Waals surface area contributed by atoms with Crippen molar-refractivity contribution in [1.29, 1.82) is 0 Å². The normalized spacial score (nSPS) is 22.2. The Bertz CT molecular complexity index is 572. The van der Waals surface area contributed by atoms with Crippen molar-refractivity contribution in [3.63, 3.8) is 0 Å². The highest BCUT2D eigenvalue weighted by Crippen LogP contribution is 2.35. The fraction of sp³-hybridized carbons (Fsp3) is 0.429. The van der Waals surface area contributed by atoms with E-state index in [9.17, 15) is 9.59 Å². The number of carbonyl (C=O) groups excluding carboxylic acids is 2. The number of halogens is 2. The first kappa shape index (κ1) is 13.7. The molecule has 1 heterocycles. The van der Waals surface area contributed by atoms with Crippen LogP contribution in [-0.2, 0) is 9.59 Å². The lowest BCUT2D eigenvalue weighted by molar-refractivity contribution is -0.126. The van der Waals surface area contributed by atoms with Crippen molar-refractivity contribution < 1.29 is 9.59 Å². The van der Waals surface area contributed by atoms with Gasteiger partial charge in [-0.05, 0) is 25.0 Å². The van der Waals surface area contributed by atoms with Crippen molar-refractivity contribution in [2.75, 3.05) is 11.4 Å².